The molecule has 1 heterocycles. The Morgan fingerprint density at radius 2 is 1.95 bits per heavy atom. The van der Waals surface area contributed by atoms with E-state index < -0.39 is 5.41 Å². The molecular weight excluding hydrogens is 298 g/mol. The number of hydrogen-bond acceptors (Lipinski definition) is 3. The van der Waals surface area contributed by atoms with Crippen LogP contribution in [0.25, 0.3) is 0 Å². The van der Waals surface area contributed by atoms with E-state index in [9.17, 15) is 4.79 Å². The van der Waals surface area contributed by atoms with Gasteiger partial charge in [-0.15, -0.1) is 0 Å². The molecular formula is C18H18ClNO2. The van der Waals surface area contributed by atoms with Gasteiger partial charge in [-0.3, -0.25) is 9.78 Å². The van der Waals surface area contributed by atoms with Crippen molar-refractivity contribution in [2.24, 2.45) is 0 Å². The second-order valence-electron chi connectivity index (χ2n) is 5.79. The molecule has 0 spiro atoms. The standard InChI is InChI=1S/C18H18ClNO2/c1-13-3-8-16(11-20-13)22-12-17(21)18(9-2-10-18)14-4-6-15(19)7-5-14/h3-8,11H,2,9-10,12H2,1H3. The summed E-state index contributed by atoms with van der Waals surface area (Å²) in [6, 6.07) is 11.3. The van der Waals surface area contributed by atoms with Crippen molar-refractivity contribution in [2.45, 2.75) is 31.6 Å². The van der Waals surface area contributed by atoms with Crippen LogP contribution in [0, 0.1) is 6.92 Å². The van der Waals surface area contributed by atoms with Crippen molar-refractivity contribution in [3.8, 4) is 5.75 Å². The Hall–Kier alpha value is -1.87. The molecule has 1 aromatic carbocycles. The van der Waals surface area contributed by atoms with E-state index >= 15 is 0 Å². The maximum Gasteiger partial charge on any atom is 0.180 e. The Morgan fingerprint density at radius 3 is 2.50 bits per heavy atom. The SMILES string of the molecule is Cc1ccc(OCC(=O)C2(c3ccc(Cl)cc3)CCC2)cn1. The molecule has 0 saturated heterocycles. The van der Waals surface area contributed by atoms with Gasteiger partial charge in [-0.05, 0) is 49.6 Å². The number of benzene rings is 1. The quantitative estimate of drug-likeness (QED) is 0.833. The molecule has 1 aromatic heterocycles. The van der Waals surface area contributed by atoms with Crippen molar-refractivity contribution in [3.05, 3.63) is 58.9 Å². The van der Waals surface area contributed by atoms with E-state index in [1.807, 2.05) is 43.3 Å². The van der Waals surface area contributed by atoms with Crippen molar-refractivity contribution in [1.29, 1.82) is 0 Å². The van der Waals surface area contributed by atoms with Crippen LogP contribution in [0.3, 0.4) is 0 Å². The largest absolute Gasteiger partial charge is 0.484 e. The minimum Gasteiger partial charge on any atom is -0.484 e. The third-order valence-electron chi connectivity index (χ3n) is 4.39. The van der Waals surface area contributed by atoms with Crippen LogP contribution in [-0.2, 0) is 10.2 Å². The lowest BCUT2D eigenvalue weighted by Crippen LogP contribution is -2.45. The number of carbonyl (C=O) groups excluding carboxylic acids is 1. The summed E-state index contributed by atoms with van der Waals surface area (Å²) < 4.78 is 5.61. The van der Waals surface area contributed by atoms with Gasteiger partial charge in [0.2, 0.25) is 0 Å². The summed E-state index contributed by atoms with van der Waals surface area (Å²) in [7, 11) is 0. The summed E-state index contributed by atoms with van der Waals surface area (Å²) in [6.07, 6.45) is 4.48. The van der Waals surface area contributed by atoms with E-state index in [4.69, 9.17) is 16.3 Å². The van der Waals surface area contributed by atoms with E-state index in [1.165, 1.54) is 0 Å². The number of Topliss-reactive ketones (excluding diaryl/α,β-unsaturated/α-hetero) is 1. The summed E-state index contributed by atoms with van der Waals surface area (Å²) in [5, 5.41) is 0.688. The molecule has 0 unspecified atom stereocenters. The number of hydrogen-bond donors (Lipinski definition) is 0. The van der Waals surface area contributed by atoms with Crippen LogP contribution in [0.1, 0.15) is 30.5 Å². The van der Waals surface area contributed by atoms with Crippen LogP contribution >= 0.6 is 11.6 Å². The molecule has 0 N–H and O–H groups in total. The molecule has 1 aliphatic carbocycles. The third-order valence-corrected chi connectivity index (χ3v) is 4.64. The van der Waals surface area contributed by atoms with Crippen LogP contribution in [0.2, 0.25) is 5.02 Å². The maximum absolute atomic E-state index is 12.7. The highest BCUT2D eigenvalue weighted by atomic mass is 35.5. The first kappa shape index (κ1) is 15.0. The Balaban J connectivity index is 1.71. The van der Waals surface area contributed by atoms with Gasteiger partial charge in [-0.2, -0.15) is 0 Å². The summed E-state index contributed by atoms with van der Waals surface area (Å²) >= 11 is 5.94. The lowest BCUT2D eigenvalue weighted by atomic mass is 9.62. The lowest BCUT2D eigenvalue weighted by Gasteiger charge is -2.40. The van der Waals surface area contributed by atoms with E-state index in [2.05, 4.69) is 4.98 Å². The third kappa shape index (κ3) is 2.86. The zero-order chi connectivity index (χ0) is 15.6. The molecule has 3 rings (SSSR count). The molecule has 4 heteroatoms. The van der Waals surface area contributed by atoms with E-state index in [0.29, 0.717) is 10.8 Å². The van der Waals surface area contributed by atoms with Crippen molar-refractivity contribution < 1.29 is 9.53 Å². The van der Waals surface area contributed by atoms with Crippen LogP contribution in [0.4, 0.5) is 0 Å². The van der Waals surface area contributed by atoms with Gasteiger partial charge >= 0.3 is 0 Å². The Labute approximate surface area is 135 Å². The van der Waals surface area contributed by atoms with Crippen molar-refractivity contribution in [2.75, 3.05) is 6.61 Å². The molecule has 22 heavy (non-hydrogen) atoms. The van der Waals surface area contributed by atoms with Gasteiger partial charge in [0.25, 0.3) is 0 Å². The maximum atomic E-state index is 12.7. The van der Waals surface area contributed by atoms with Gasteiger partial charge in [0.15, 0.2) is 5.78 Å². The number of rotatable bonds is 5. The fourth-order valence-electron chi connectivity index (χ4n) is 2.85. The summed E-state index contributed by atoms with van der Waals surface area (Å²) in [5.74, 6) is 0.756. The number of pyridine rings is 1. The summed E-state index contributed by atoms with van der Waals surface area (Å²) in [6.45, 7) is 1.99. The van der Waals surface area contributed by atoms with E-state index in [-0.39, 0.29) is 12.4 Å². The van der Waals surface area contributed by atoms with Crippen molar-refractivity contribution >= 4 is 17.4 Å². The lowest BCUT2D eigenvalue weighted by molar-refractivity contribution is -0.129. The second kappa shape index (κ2) is 6.09. The molecule has 0 bridgehead atoms. The van der Waals surface area contributed by atoms with Gasteiger partial charge in [0.1, 0.15) is 12.4 Å². The van der Waals surface area contributed by atoms with Crippen molar-refractivity contribution in [1.82, 2.24) is 4.98 Å². The molecule has 0 atom stereocenters. The first-order valence-electron chi connectivity index (χ1n) is 7.45. The molecule has 1 fully saturated rings. The fourth-order valence-corrected chi connectivity index (χ4v) is 2.98. The molecule has 3 nitrogen and oxygen atoms in total. The average Bonchev–Trinajstić information content (AvgIpc) is 2.47. The van der Waals surface area contributed by atoms with Crippen molar-refractivity contribution in [3.63, 3.8) is 0 Å². The number of aromatic nitrogens is 1. The van der Waals surface area contributed by atoms with Crippen LogP contribution in [-0.4, -0.2) is 17.4 Å². The van der Waals surface area contributed by atoms with E-state index in [1.54, 1.807) is 6.20 Å². The number of ether oxygens (including phenoxy) is 1. The highest BCUT2D eigenvalue weighted by Gasteiger charge is 2.45. The zero-order valence-electron chi connectivity index (χ0n) is 12.5. The van der Waals surface area contributed by atoms with E-state index in [0.717, 1.165) is 30.5 Å². The first-order chi connectivity index (χ1) is 10.6. The number of aryl methyl sites for hydroxylation is 1. The number of nitrogens with zero attached hydrogens (tertiary/aromatic N) is 1. The minimum absolute atomic E-state index is 0.0768. The fraction of sp³-hybridized carbons (Fsp3) is 0.333. The second-order valence-corrected chi connectivity index (χ2v) is 6.23. The molecule has 1 aliphatic rings. The first-order valence-corrected chi connectivity index (χ1v) is 7.83. The highest BCUT2D eigenvalue weighted by Crippen LogP contribution is 2.44. The average molecular weight is 316 g/mol. The number of carbonyl (C=O) groups is 1. The molecule has 0 amide bonds. The monoisotopic (exact) mass is 315 g/mol. The Kier molecular flexibility index (Phi) is 4.16. The van der Waals surface area contributed by atoms with Crippen LogP contribution in [0.5, 0.6) is 5.75 Å². The van der Waals surface area contributed by atoms with Crippen LogP contribution < -0.4 is 4.74 Å². The zero-order valence-corrected chi connectivity index (χ0v) is 13.3. The predicted octanol–water partition coefficient (Wildman–Crippen LogP) is 4.11. The number of halogens is 1. The molecule has 2 aromatic rings. The Bertz CT molecular complexity index is 660. The normalized spacial score (nSPS) is 15.9. The number of ketones is 1. The molecule has 114 valence electrons. The van der Waals surface area contributed by atoms with Crippen LogP contribution in [0.15, 0.2) is 42.6 Å². The highest BCUT2D eigenvalue weighted by molar-refractivity contribution is 6.30. The molecule has 1 saturated carbocycles. The molecule has 0 aliphatic heterocycles. The Morgan fingerprint density at radius 1 is 1.23 bits per heavy atom. The summed E-state index contributed by atoms with van der Waals surface area (Å²) in [4.78, 5) is 16.9. The molecule has 0 radical (unpaired) electrons. The van der Waals surface area contributed by atoms with Gasteiger partial charge in [0, 0.05) is 10.7 Å². The van der Waals surface area contributed by atoms with Gasteiger partial charge in [0.05, 0.1) is 11.6 Å². The van der Waals surface area contributed by atoms with Gasteiger partial charge in [-0.25, -0.2) is 0 Å². The summed E-state index contributed by atoms with van der Waals surface area (Å²) in [5.41, 5.74) is 1.57. The predicted molar refractivity (Wildman–Crippen MR) is 86.5 cm³/mol. The van der Waals surface area contributed by atoms with Gasteiger partial charge < -0.3 is 4.74 Å². The van der Waals surface area contributed by atoms with Gasteiger partial charge in [-0.1, -0.05) is 30.2 Å². The topological polar surface area (TPSA) is 39.2 Å². The minimum atomic E-state index is -0.400. The smallest absolute Gasteiger partial charge is 0.180 e.